The summed E-state index contributed by atoms with van der Waals surface area (Å²) in [7, 11) is 0. The van der Waals surface area contributed by atoms with Gasteiger partial charge in [0.2, 0.25) is 5.91 Å². The van der Waals surface area contributed by atoms with Crippen LogP contribution in [0.2, 0.25) is 0 Å². The molecule has 0 aliphatic carbocycles. The van der Waals surface area contributed by atoms with Crippen LogP contribution in [0.4, 0.5) is 0 Å². The van der Waals surface area contributed by atoms with E-state index >= 15 is 0 Å². The van der Waals surface area contributed by atoms with Gasteiger partial charge in [-0.15, -0.1) is 0 Å². The number of hydrogen-bond acceptors (Lipinski definition) is 5. The number of nitrogens with zero attached hydrogens (tertiary/aromatic N) is 1. The van der Waals surface area contributed by atoms with E-state index in [1.165, 1.54) is 11.2 Å². The Labute approximate surface area is 152 Å². The van der Waals surface area contributed by atoms with Crippen molar-refractivity contribution < 1.29 is 23.5 Å². The number of aromatic amines is 1. The number of rotatable bonds is 8. The summed E-state index contributed by atoms with van der Waals surface area (Å²) in [5, 5.41) is 0. The predicted molar refractivity (Wildman–Crippen MR) is 95.0 cm³/mol. The Morgan fingerprint density at radius 2 is 1.96 bits per heavy atom. The van der Waals surface area contributed by atoms with Crippen LogP contribution in [0.25, 0.3) is 0 Å². The van der Waals surface area contributed by atoms with Crippen LogP contribution >= 0.6 is 0 Å². The average Bonchev–Trinajstić information content (AvgIpc) is 3.21. The standard InChI is InChI=1S/C19H24N2O5/c1-5-16(23)21(10-14-8-7-9-26-14)11-15(22)17-12(3)18(20-13(17)4)19(24)25-6-2/h7-9,20H,5-6,10-11H2,1-4H3. The largest absolute Gasteiger partial charge is 0.467 e. The molecule has 0 saturated heterocycles. The summed E-state index contributed by atoms with van der Waals surface area (Å²) in [5.74, 6) is -0.273. The molecule has 1 amide bonds. The van der Waals surface area contributed by atoms with E-state index in [-0.39, 0.29) is 43.5 Å². The van der Waals surface area contributed by atoms with Gasteiger partial charge in [0.15, 0.2) is 5.78 Å². The number of furan rings is 1. The van der Waals surface area contributed by atoms with Gasteiger partial charge in [0, 0.05) is 17.7 Å². The Bertz CT molecular complexity index is 789. The summed E-state index contributed by atoms with van der Waals surface area (Å²) in [6.45, 7) is 7.27. The summed E-state index contributed by atoms with van der Waals surface area (Å²) in [5.41, 5.74) is 1.80. The first-order chi connectivity index (χ1) is 12.4. The van der Waals surface area contributed by atoms with Gasteiger partial charge in [-0.25, -0.2) is 4.79 Å². The summed E-state index contributed by atoms with van der Waals surface area (Å²) in [4.78, 5) is 41.4. The van der Waals surface area contributed by atoms with Crippen molar-refractivity contribution in [2.24, 2.45) is 0 Å². The van der Waals surface area contributed by atoms with Crippen LogP contribution in [0.1, 0.15) is 58.1 Å². The van der Waals surface area contributed by atoms with Gasteiger partial charge in [0.25, 0.3) is 0 Å². The Morgan fingerprint density at radius 3 is 2.54 bits per heavy atom. The first kappa shape index (κ1) is 19.5. The fourth-order valence-electron chi connectivity index (χ4n) is 2.87. The Balaban J connectivity index is 2.23. The van der Waals surface area contributed by atoms with Crippen LogP contribution in [-0.4, -0.2) is 40.7 Å². The zero-order chi connectivity index (χ0) is 19.3. The second kappa shape index (κ2) is 8.51. The summed E-state index contributed by atoms with van der Waals surface area (Å²) in [6, 6.07) is 3.49. The maximum absolute atomic E-state index is 12.8. The number of H-pyrrole nitrogens is 1. The molecule has 1 N–H and O–H groups in total. The smallest absolute Gasteiger partial charge is 0.355 e. The quantitative estimate of drug-likeness (QED) is 0.577. The van der Waals surface area contributed by atoms with Crippen LogP contribution in [0.15, 0.2) is 22.8 Å². The first-order valence-electron chi connectivity index (χ1n) is 8.58. The molecule has 0 unspecified atom stereocenters. The molecular weight excluding hydrogens is 336 g/mol. The SMILES string of the molecule is CCOC(=O)c1[nH]c(C)c(C(=O)CN(Cc2ccco2)C(=O)CC)c1C. The number of hydrogen-bond donors (Lipinski definition) is 1. The highest BCUT2D eigenvalue weighted by atomic mass is 16.5. The number of ketones is 1. The van der Waals surface area contributed by atoms with Gasteiger partial charge in [-0.3, -0.25) is 9.59 Å². The number of esters is 1. The molecule has 0 aromatic carbocycles. The minimum absolute atomic E-state index is 0.0881. The van der Waals surface area contributed by atoms with E-state index in [9.17, 15) is 14.4 Å². The molecule has 2 rings (SSSR count). The third-order valence-electron chi connectivity index (χ3n) is 4.11. The van der Waals surface area contributed by atoms with Crippen LogP contribution in [0.5, 0.6) is 0 Å². The molecule has 0 aliphatic heterocycles. The molecule has 2 aromatic rings. The van der Waals surface area contributed by atoms with E-state index in [4.69, 9.17) is 9.15 Å². The molecule has 0 bridgehead atoms. The van der Waals surface area contributed by atoms with Gasteiger partial charge in [-0.1, -0.05) is 6.92 Å². The number of amides is 1. The third kappa shape index (κ3) is 4.22. The van der Waals surface area contributed by atoms with E-state index in [0.717, 1.165) is 0 Å². The predicted octanol–water partition coefficient (Wildman–Crippen LogP) is 3.02. The fraction of sp³-hybridized carbons (Fsp3) is 0.421. The van der Waals surface area contributed by atoms with E-state index in [2.05, 4.69) is 4.98 Å². The maximum atomic E-state index is 12.8. The zero-order valence-electron chi connectivity index (χ0n) is 15.5. The number of ether oxygens (including phenoxy) is 1. The Morgan fingerprint density at radius 1 is 1.23 bits per heavy atom. The number of nitrogens with one attached hydrogen (secondary N) is 1. The normalized spacial score (nSPS) is 10.6. The molecule has 0 spiro atoms. The highest BCUT2D eigenvalue weighted by molar-refractivity contribution is 6.04. The average molecular weight is 360 g/mol. The molecule has 140 valence electrons. The maximum Gasteiger partial charge on any atom is 0.355 e. The number of aromatic nitrogens is 1. The van der Waals surface area contributed by atoms with Crippen molar-refractivity contribution in [1.29, 1.82) is 0 Å². The minimum atomic E-state index is -0.496. The third-order valence-corrected chi connectivity index (χ3v) is 4.11. The van der Waals surface area contributed by atoms with Gasteiger partial charge < -0.3 is 19.0 Å². The van der Waals surface area contributed by atoms with Crippen LogP contribution < -0.4 is 0 Å². The molecule has 0 fully saturated rings. The lowest BCUT2D eigenvalue weighted by Gasteiger charge is -2.20. The van der Waals surface area contributed by atoms with E-state index in [0.29, 0.717) is 22.6 Å². The molecule has 2 heterocycles. The van der Waals surface area contributed by atoms with Gasteiger partial charge in [0.1, 0.15) is 11.5 Å². The van der Waals surface area contributed by atoms with Gasteiger partial charge >= 0.3 is 5.97 Å². The number of Topliss-reactive ketones (excluding diaryl/α,β-unsaturated/α-hetero) is 1. The van der Waals surface area contributed by atoms with Crippen LogP contribution in [-0.2, 0) is 16.1 Å². The second-order valence-electron chi connectivity index (χ2n) is 5.95. The second-order valence-corrected chi connectivity index (χ2v) is 5.95. The van der Waals surface area contributed by atoms with Gasteiger partial charge in [0.05, 0.1) is 26.0 Å². The van der Waals surface area contributed by atoms with Crippen LogP contribution in [0.3, 0.4) is 0 Å². The van der Waals surface area contributed by atoms with Crippen molar-refractivity contribution >= 4 is 17.7 Å². The summed E-state index contributed by atoms with van der Waals surface area (Å²) >= 11 is 0. The zero-order valence-corrected chi connectivity index (χ0v) is 15.5. The molecule has 0 saturated carbocycles. The number of carbonyl (C=O) groups is 3. The highest BCUT2D eigenvalue weighted by Gasteiger charge is 2.25. The molecule has 7 heteroatoms. The lowest BCUT2D eigenvalue weighted by Crippen LogP contribution is -2.35. The highest BCUT2D eigenvalue weighted by Crippen LogP contribution is 2.20. The van der Waals surface area contributed by atoms with Gasteiger partial charge in [-0.05, 0) is 38.5 Å². The molecular formula is C19H24N2O5. The first-order valence-corrected chi connectivity index (χ1v) is 8.58. The Hall–Kier alpha value is -2.83. The molecule has 7 nitrogen and oxygen atoms in total. The number of carbonyl (C=O) groups excluding carboxylic acids is 3. The van der Waals surface area contributed by atoms with Crippen molar-refractivity contribution in [1.82, 2.24) is 9.88 Å². The van der Waals surface area contributed by atoms with Crippen molar-refractivity contribution in [3.8, 4) is 0 Å². The topological polar surface area (TPSA) is 92.6 Å². The Kier molecular flexibility index (Phi) is 6.38. The monoisotopic (exact) mass is 360 g/mol. The van der Waals surface area contributed by atoms with Crippen molar-refractivity contribution in [3.05, 3.63) is 46.7 Å². The molecule has 26 heavy (non-hydrogen) atoms. The molecule has 0 radical (unpaired) electrons. The lowest BCUT2D eigenvalue weighted by atomic mass is 10.0. The van der Waals surface area contributed by atoms with E-state index in [1.54, 1.807) is 39.8 Å². The summed E-state index contributed by atoms with van der Waals surface area (Å²) < 4.78 is 10.3. The van der Waals surface area contributed by atoms with E-state index in [1.807, 2.05) is 0 Å². The van der Waals surface area contributed by atoms with Crippen molar-refractivity contribution in [3.63, 3.8) is 0 Å². The lowest BCUT2D eigenvalue weighted by molar-refractivity contribution is -0.131. The molecule has 0 atom stereocenters. The molecule has 2 aromatic heterocycles. The fourth-order valence-corrected chi connectivity index (χ4v) is 2.87. The molecule has 0 aliphatic rings. The van der Waals surface area contributed by atoms with Crippen molar-refractivity contribution in [2.45, 2.75) is 40.7 Å². The minimum Gasteiger partial charge on any atom is -0.467 e. The van der Waals surface area contributed by atoms with E-state index < -0.39 is 5.97 Å². The van der Waals surface area contributed by atoms with Gasteiger partial charge in [-0.2, -0.15) is 0 Å². The van der Waals surface area contributed by atoms with Crippen molar-refractivity contribution in [2.75, 3.05) is 13.2 Å². The number of aryl methyl sites for hydroxylation is 1. The van der Waals surface area contributed by atoms with Crippen LogP contribution in [0, 0.1) is 13.8 Å². The summed E-state index contributed by atoms with van der Waals surface area (Å²) in [6.07, 6.45) is 1.81.